The molecule has 0 N–H and O–H groups in total. The summed E-state index contributed by atoms with van der Waals surface area (Å²) in [5, 5.41) is 8.75. The van der Waals surface area contributed by atoms with Crippen LogP contribution in [0.25, 0.3) is 0 Å². The average Bonchev–Trinajstić information content (AvgIpc) is 2.33. The summed E-state index contributed by atoms with van der Waals surface area (Å²) in [6, 6.07) is 7.83. The third-order valence-electron chi connectivity index (χ3n) is 2.78. The minimum Gasteiger partial charge on any atom is -0.337 e. The maximum Gasteiger partial charge on any atom is 0.224 e. The SMILES string of the molecule is N#CC1CCN(Cc2ccccn2)C(=O)C1. The van der Waals surface area contributed by atoms with Crippen molar-refractivity contribution in [2.24, 2.45) is 5.92 Å². The Morgan fingerprint density at radius 1 is 1.56 bits per heavy atom. The molecule has 0 aliphatic carbocycles. The van der Waals surface area contributed by atoms with Crippen LogP contribution in [0.2, 0.25) is 0 Å². The first kappa shape index (κ1) is 10.6. The number of nitrogens with zero attached hydrogens (tertiary/aromatic N) is 3. The van der Waals surface area contributed by atoms with Gasteiger partial charge in [0.1, 0.15) is 0 Å². The summed E-state index contributed by atoms with van der Waals surface area (Å²) in [6.07, 6.45) is 2.85. The van der Waals surface area contributed by atoms with E-state index in [1.165, 1.54) is 0 Å². The lowest BCUT2D eigenvalue weighted by Crippen LogP contribution is -2.38. The fraction of sp³-hybridized carbons (Fsp3) is 0.417. The molecule has 4 heteroatoms. The van der Waals surface area contributed by atoms with Crippen molar-refractivity contribution in [2.45, 2.75) is 19.4 Å². The van der Waals surface area contributed by atoms with Crippen molar-refractivity contribution in [3.63, 3.8) is 0 Å². The minimum atomic E-state index is -0.104. The average molecular weight is 215 g/mol. The van der Waals surface area contributed by atoms with Crippen LogP contribution in [0.3, 0.4) is 0 Å². The molecule has 1 saturated heterocycles. The number of carbonyl (C=O) groups is 1. The largest absolute Gasteiger partial charge is 0.337 e. The summed E-state index contributed by atoms with van der Waals surface area (Å²) in [6.45, 7) is 1.21. The van der Waals surface area contributed by atoms with Crippen molar-refractivity contribution in [1.82, 2.24) is 9.88 Å². The van der Waals surface area contributed by atoms with E-state index in [-0.39, 0.29) is 11.8 Å². The Kier molecular flexibility index (Phi) is 3.16. The molecule has 0 saturated carbocycles. The van der Waals surface area contributed by atoms with Crippen LogP contribution < -0.4 is 0 Å². The van der Waals surface area contributed by atoms with E-state index in [0.717, 1.165) is 12.1 Å². The first-order valence-corrected chi connectivity index (χ1v) is 5.37. The van der Waals surface area contributed by atoms with Gasteiger partial charge < -0.3 is 4.90 Å². The van der Waals surface area contributed by atoms with Gasteiger partial charge in [-0.2, -0.15) is 5.26 Å². The molecule has 1 unspecified atom stereocenters. The molecule has 2 rings (SSSR count). The van der Waals surface area contributed by atoms with Crippen LogP contribution in [-0.2, 0) is 11.3 Å². The minimum absolute atomic E-state index is 0.0588. The molecule has 1 fully saturated rings. The summed E-state index contributed by atoms with van der Waals surface area (Å²) >= 11 is 0. The van der Waals surface area contributed by atoms with E-state index in [9.17, 15) is 4.79 Å². The quantitative estimate of drug-likeness (QED) is 0.748. The van der Waals surface area contributed by atoms with Crippen LogP contribution in [0.5, 0.6) is 0 Å². The van der Waals surface area contributed by atoms with E-state index in [1.54, 1.807) is 11.1 Å². The Bertz CT molecular complexity index is 410. The van der Waals surface area contributed by atoms with Crippen molar-refractivity contribution in [2.75, 3.05) is 6.54 Å². The maximum atomic E-state index is 11.7. The van der Waals surface area contributed by atoms with Gasteiger partial charge in [0.15, 0.2) is 0 Å². The summed E-state index contributed by atoms with van der Waals surface area (Å²) in [5.74, 6) is -0.0454. The van der Waals surface area contributed by atoms with Gasteiger partial charge in [-0.3, -0.25) is 9.78 Å². The number of rotatable bonds is 2. The lowest BCUT2D eigenvalue weighted by atomic mass is 9.98. The van der Waals surface area contributed by atoms with Crippen molar-refractivity contribution in [1.29, 1.82) is 5.26 Å². The van der Waals surface area contributed by atoms with E-state index in [0.29, 0.717) is 19.5 Å². The first-order chi connectivity index (χ1) is 7.79. The second-order valence-corrected chi connectivity index (χ2v) is 3.96. The molecule has 0 spiro atoms. The standard InChI is InChI=1S/C12H13N3O/c13-8-10-4-6-15(12(16)7-10)9-11-3-1-2-5-14-11/h1-3,5,10H,4,6-7,9H2. The lowest BCUT2D eigenvalue weighted by Gasteiger charge is -2.28. The van der Waals surface area contributed by atoms with Crippen LogP contribution in [0.1, 0.15) is 18.5 Å². The molecule has 16 heavy (non-hydrogen) atoms. The van der Waals surface area contributed by atoms with Crippen LogP contribution in [-0.4, -0.2) is 22.3 Å². The number of nitriles is 1. The van der Waals surface area contributed by atoms with Gasteiger partial charge in [0, 0.05) is 19.2 Å². The molecule has 0 aromatic carbocycles. The fourth-order valence-electron chi connectivity index (χ4n) is 1.84. The number of hydrogen-bond acceptors (Lipinski definition) is 3. The zero-order valence-electron chi connectivity index (χ0n) is 8.97. The predicted octanol–water partition coefficient (Wildman–Crippen LogP) is 1.34. The van der Waals surface area contributed by atoms with E-state index < -0.39 is 0 Å². The molecule has 1 aliphatic heterocycles. The molecule has 1 amide bonds. The Hall–Kier alpha value is -1.89. The summed E-state index contributed by atoms with van der Waals surface area (Å²) < 4.78 is 0. The topological polar surface area (TPSA) is 57.0 Å². The fourth-order valence-corrected chi connectivity index (χ4v) is 1.84. The number of aromatic nitrogens is 1. The zero-order valence-corrected chi connectivity index (χ0v) is 8.97. The molecule has 0 bridgehead atoms. The molecule has 1 atom stereocenters. The molecule has 4 nitrogen and oxygen atoms in total. The summed E-state index contributed by atoms with van der Waals surface area (Å²) in [4.78, 5) is 17.7. The smallest absolute Gasteiger partial charge is 0.224 e. The van der Waals surface area contributed by atoms with Crippen LogP contribution in [0, 0.1) is 17.2 Å². The van der Waals surface area contributed by atoms with Crippen LogP contribution >= 0.6 is 0 Å². The van der Waals surface area contributed by atoms with Crippen LogP contribution in [0.15, 0.2) is 24.4 Å². The highest BCUT2D eigenvalue weighted by atomic mass is 16.2. The number of likely N-dealkylation sites (tertiary alicyclic amines) is 1. The molecule has 82 valence electrons. The predicted molar refractivity (Wildman–Crippen MR) is 58.0 cm³/mol. The van der Waals surface area contributed by atoms with E-state index in [1.807, 2.05) is 18.2 Å². The number of amides is 1. The van der Waals surface area contributed by atoms with Crippen molar-refractivity contribution in [3.05, 3.63) is 30.1 Å². The Labute approximate surface area is 94.5 Å². The van der Waals surface area contributed by atoms with Crippen molar-refractivity contribution < 1.29 is 4.79 Å². The number of hydrogen-bond donors (Lipinski definition) is 0. The van der Waals surface area contributed by atoms with E-state index >= 15 is 0 Å². The van der Waals surface area contributed by atoms with E-state index in [4.69, 9.17) is 5.26 Å². The Morgan fingerprint density at radius 3 is 3.06 bits per heavy atom. The highest BCUT2D eigenvalue weighted by Crippen LogP contribution is 2.18. The molecular weight excluding hydrogens is 202 g/mol. The van der Waals surface area contributed by atoms with Gasteiger partial charge in [-0.05, 0) is 18.6 Å². The molecular formula is C12H13N3O. The number of pyridine rings is 1. The van der Waals surface area contributed by atoms with Gasteiger partial charge in [0.05, 0.1) is 24.2 Å². The molecule has 1 aliphatic rings. The summed E-state index contributed by atoms with van der Waals surface area (Å²) in [7, 11) is 0. The first-order valence-electron chi connectivity index (χ1n) is 5.37. The van der Waals surface area contributed by atoms with Crippen molar-refractivity contribution >= 4 is 5.91 Å². The second kappa shape index (κ2) is 4.75. The maximum absolute atomic E-state index is 11.7. The third-order valence-corrected chi connectivity index (χ3v) is 2.78. The van der Waals surface area contributed by atoms with Gasteiger partial charge in [0.25, 0.3) is 0 Å². The third kappa shape index (κ3) is 2.37. The van der Waals surface area contributed by atoms with Gasteiger partial charge >= 0.3 is 0 Å². The zero-order chi connectivity index (χ0) is 11.4. The monoisotopic (exact) mass is 215 g/mol. The molecule has 1 aromatic heterocycles. The lowest BCUT2D eigenvalue weighted by molar-refractivity contribution is -0.134. The molecule has 1 aromatic rings. The molecule has 0 radical (unpaired) electrons. The second-order valence-electron chi connectivity index (χ2n) is 3.96. The molecule has 2 heterocycles. The Balaban J connectivity index is 1.98. The van der Waals surface area contributed by atoms with Gasteiger partial charge in [-0.25, -0.2) is 0 Å². The summed E-state index contributed by atoms with van der Waals surface area (Å²) in [5.41, 5.74) is 0.895. The highest BCUT2D eigenvalue weighted by Gasteiger charge is 2.25. The van der Waals surface area contributed by atoms with Gasteiger partial charge in [0.2, 0.25) is 5.91 Å². The van der Waals surface area contributed by atoms with Gasteiger partial charge in [-0.15, -0.1) is 0 Å². The van der Waals surface area contributed by atoms with E-state index in [2.05, 4.69) is 11.1 Å². The van der Waals surface area contributed by atoms with Gasteiger partial charge in [-0.1, -0.05) is 6.07 Å². The normalized spacial score (nSPS) is 20.6. The Morgan fingerprint density at radius 2 is 2.44 bits per heavy atom. The van der Waals surface area contributed by atoms with Crippen LogP contribution in [0.4, 0.5) is 0 Å². The van der Waals surface area contributed by atoms with Crippen molar-refractivity contribution in [3.8, 4) is 6.07 Å². The number of carbonyl (C=O) groups excluding carboxylic acids is 1. The number of piperidine rings is 1. The highest BCUT2D eigenvalue weighted by molar-refractivity contribution is 5.77.